The predicted octanol–water partition coefficient (Wildman–Crippen LogP) is -3.68. The van der Waals surface area contributed by atoms with Crippen LogP contribution in [0.4, 0.5) is 0 Å². The van der Waals surface area contributed by atoms with Crippen LogP contribution in [-0.2, 0) is 40.5 Å². The van der Waals surface area contributed by atoms with Gasteiger partial charge in [-0.2, -0.15) is 0 Å². The van der Waals surface area contributed by atoms with Crippen LogP contribution in [0.3, 0.4) is 0 Å². The second-order valence-electron chi connectivity index (χ2n) is 0. The molecule has 0 saturated carbocycles. The Morgan fingerprint density at radius 2 is 0.571 bits per heavy atom. The molecule has 0 aromatic heterocycles. The molecule has 0 aromatic rings. The molecule has 2 radical (unpaired) electrons. The van der Waals surface area contributed by atoms with E-state index >= 15 is 0 Å². The van der Waals surface area contributed by atoms with Crippen LogP contribution in [0, 0.1) is 0 Å². The van der Waals surface area contributed by atoms with Crippen molar-refractivity contribution >= 4 is 37.7 Å². The molecule has 0 spiro atoms. The molecule has 0 aliphatic rings. The molecular weight excluding hydrogens is 265 g/mol. The van der Waals surface area contributed by atoms with Gasteiger partial charge in [0.25, 0.3) is 0 Å². The Hall–Kier alpha value is 2.41. The van der Waals surface area contributed by atoms with E-state index in [1.54, 1.807) is 0 Å². The molecule has 0 heterocycles. The minimum absolute atomic E-state index is 0. The maximum Gasteiger partial charge on any atom is 0 e. The van der Waals surface area contributed by atoms with Crippen LogP contribution in [0.25, 0.3) is 0 Å². The van der Waals surface area contributed by atoms with Crippen LogP contribution in [0.1, 0.15) is 0 Å². The molecule has 0 saturated heterocycles. The smallest absolute Gasteiger partial charge is 0 e. The molecule has 7 heteroatoms. The maximum absolute atomic E-state index is 0. The van der Waals surface area contributed by atoms with E-state index in [9.17, 15) is 0 Å². The Balaban J connectivity index is 0. The summed E-state index contributed by atoms with van der Waals surface area (Å²) in [5.41, 5.74) is 0. The molecule has 7 heavy (non-hydrogen) atoms. The molecule has 0 bridgehead atoms. The van der Waals surface area contributed by atoms with Gasteiger partial charge in [-0.25, -0.2) is 0 Å². The first-order valence-electron chi connectivity index (χ1n) is 0. The Morgan fingerprint density at radius 3 is 0.571 bits per heavy atom. The largest absolute Gasteiger partial charge is 0.412 e. The molecule has 8 N–H and O–H groups in total. The van der Waals surface area contributed by atoms with Crippen molar-refractivity contribution < 1.29 is 62.4 Å². The van der Waals surface area contributed by atoms with Crippen LogP contribution in [0.2, 0.25) is 0 Å². The van der Waals surface area contributed by atoms with Crippen molar-refractivity contribution in [3.8, 4) is 0 Å². The van der Waals surface area contributed by atoms with Gasteiger partial charge in [0, 0.05) is 78.3 Å². The van der Waals surface area contributed by atoms with Gasteiger partial charge in [0.2, 0.25) is 0 Å². The zero-order valence-electron chi connectivity index (χ0n) is 3.82. The molecule has 4 nitrogen and oxygen atoms in total. The Labute approximate surface area is 98.7 Å². The van der Waals surface area contributed by atoms with Gasteiger partial charge >= 0.3 is 0 Å². The fraction of sp³-hybridized carbons (Fsp3) is 0. The SMILES string of the molecule is O.O.O.O.[Ca].[Mo].[Zn]. The van der Waals surface area contributed by atoms with Gasteiger partial charge in [-0.05, 0) is 0 Å². The molecule has 0 aliphatic carbocycles. The molecule has 0 amide bonds. The number of hydrogen-bond acceptors (Lipinski definition) is 0. The molecular formula is H8CaMoO4Zn. The third-order valence-electron chi connectivity index (χ3n) is 0. The summed E-state index contributed by atoms with van der Waals surface area (Å²) in [6, 6.07) is 0. The zero-order chi connectivity index (χ0) is 0. The molecule has 0 aliphatic heterocycles. The summed E-state index contributed by atoms with van der Waals surface area (Å²) in [7, 11) is 0. The minimum Gasteiger partial charge on any atom is -0.412 e. The third kappa shape index (κ3) is 59.5. The first kappa shape index (κ1) is 115. The Kier molecular flexibility index (Phi) is 1300. The van der Waals surface area contributed by atoms with Crippen LogP contribution < -0.4 is 0 Å². The van der Waals surface area contributed by atoms with E-state index in [2.05, 4.69) is 0 Å². The van der Waals surface area contributed by atoms with Gasteiger partial charge in [0.1, 0.15) is 0 Å². The van der Waals surface area contributed by atoms with E-state index in [-0.39, 0.29) is 100 Å². The fourth-order valence-corrected chi connectivity index (χ4v) is 0. The van der Waals surface area contributed by atoms with Gasteiger partial charge in [0.05, 0.1) is 0 Å². The second-order valence-corrected chi connectivity index (χ2v) is 0. The first-order chi connectivity index (χ1) is 0. The molecule has 0 aromatic carbocycles. The van der Waals surface area contributed by atoms with Crippen LogP contribution >= 0.6 is 0 Å². The Bertz CT molecular complexity index is 11.7. The van der Waals surface area contributed by atoms with E-state index in [4.69, 9.17) is 0 Å². The summed E-state index contributed by atoms with van der Waals surface area (Å²) >= 11 is 0. The van der Waals surface area contributed by atoms with Gasteiger partial charge in [-0.15, -0.1) is 0 Å². The van der Waals surface area contributed by atoms with Crippen molar-refractivity contribution in [2.45, 2.75) is 0 Å². The second kappa shape index (κ2) is 79.5. The summed E-state index contributed by atoms with van der Waals surface area (Å²) in [6.07, 6.45) is 0. The summed E-state index contributed by atoms with van der Waals surface area (Å²) in [5.74, 6) is 0. The molecule has 0 fully saturated rings. The van der Waals surface area contributed by atoms with Crippen molar-refractivity contribution in [2.75, 3.05) is 0 Å². The standard InChI is InChI=1S/Ca.Mo.4H2O.Zn/h;;4*1H2;. The summed E-state index contributed by atoms with van der Waals surface area (Å²) in [6.45, 7) is 0. The molecule has 0 unspecified atom stereocenters. The van der Waals surface area contributed by atoms with E-state index in [0.717, 1.165) is 0 Å². The van der Waals surface area contributed by atoms with Crippen molar-refractivity contribution in [2.24, 2.45) is 0 Å². The van der Waals surface area contributed by atoms with Crippen LogP contribution in [0.15, 0.2) is 0 Å². The van der Waals surface area contributed by atoms with Crippen molar-refractivity contribution in [3.63, 3.8) is 0 Å². The third-order valence-corrected chi connectivity index (χ3v) is 0. The topological polar surface area (TPSA) is 126 Å². The zero-order valence-corrected chi connectivity index (χ0v) is 11.0. The first-order valence-corrected chi connectivity index (χ1v) is 0. The van der Waals surface area contributed by atoms with Crippen molar-refractivity contribution in [3.05, 3.63) is 0 Å². The van der Waals surface area contributed by atoms with Crippen LogP contribution in [0.5, 0.6) is 0 Å². The normalized spacial score (nSPS) is 0. The van der Waals surface area contributed by atoms with Gasteiger partial charge in [-0.3, -0.25) is 0 Å². The van der Waals surface area contributed by atoms with Gasteiger partial charge in [0.15, 0.2) is 0 Å². The molecule has 0 atom stereocenters. The van der Waals surface area contributed by atoms with E-state index in [1.165, 1.54) is 0 Å². The van der Waals surface area contributed by atoms with Crippen LogP contribution in [-0.4, -0.2) is 59.6 Å². The molecule has 0 rings (SSSR count). The Morgan fingerprint density at radius 1 is 0.571 bits per heavy atom. The van der Waals surface area contributed by atoms with Crippen molar-refractivity contribution in [1.29, 1.82) is 0 Å². The van der Waals surface area contributed by atoms with Crippen molar-refractivity contribution in [1.82, 2.24) is 0 Å². The summed E-state index contributed by atoms with van der Waals surface area (Å²) in [4.78, 5) is 0. The van der Waals surface area contributed by atoms with E-state index in [0.29, 0.717) is 0 Å². The summed E-state index contributed by atoms with van der Waals surface area (Å²) < 4.78 is 0. The average Bonchev–Trinajstić information content (AvgIpc) is 0. The maximum atomic E-state index is 0. The minimum atomic E-state index is 0. The molecule has 42 valence electrons. The average molecular weight is 273 g/mol. The summed E-state index contributed by atoms with van der Waals surface area (Å²) in [5, 5.41) is 0. The van der Waals surface area contributed by atoms with E-state index in [1.807, 2.05) is 0 Å². The number of hydrogen-bond donors (Lipinski definition) is 0. The monoisotopic (exact) mass is 274 g/mol. The fourth-order valence-electron chi connectivity index (χ4n) is 0. The van der Waals surface area contributed by atoms with Gasteiger partial charge < -0.3 is 21.9 Å². The predicted molar refractivity (Wildman–Crippen MR) is 20.2 cm³/mol. The quantitative estimate of drug-likeness (QED) is 0.403. The van der Waals surface area contributed by atoms with E-state index < -0.39 is 0 Å². The number of rotatable bonds is 0. The van der Waals surface area contributed by atoms with Gasteiger partial charge in [-0.1, -0.05) is 0 Å².